The van der Waals surface area contributed by atoms with E-state index in [-0.39, 0.29) is 25.6 Å². The van der Waals surface area contributed by atoms with Crippen molar-refractivity contribution in [1.29, 1.82) is 0 Å². The summed E-state index contributed by atoms with van der Waals surface area (Å²) >= 11 is -0.664. The number of aromatic nitrogens is 1. The van der Waals surface area contributed by atoms with Crippen LogP contribution in [0.3, 0.4) is 0 Å². The number of hydrogen-bond acceptors (Lipinski definition) is 5. The number of unbranched alkanes of at least 4 members (excludes halogenated alkanes) is 13. The molecule has 6 heteroatoms. The topological polar surface area (TPSA) is 93.8 Å². The molecule has 0 spiro atoms. The second kappa shape index (κ2) is 18.2. The first-order valence-corrected chi connectivity index (χ1v) is 14.7. The first-order chi connectivity index (χ1) is 14.7. The van der Waals surface area contributed by atoms with Crippen LogP contribution in [0.25, 0.3) is 0 Å². The van der Waals surface area contributed by atoms with Gasteiger partial charge in [-0.25, -0.2) is 0 Å². The van der Waals surface area contributed by atoms with Gasteiger partial charge in [0, 0.05) is 0 Å². The Bertz CT molecular complexity index is 569. The molecule has 1 heterocycles. The van der Waals surface area contributed by atoms with E-state index in [2.05, 4.69) is 11.9 Å². The maximum atomic E-state index is 10.4. The third kappa shape index (κ3) is 10.8. The van der Waals surface area contributed by atoms with E-state index >= 15 is 0 Å². The van der Waals surface area contributed by atoms with Gasteiger partial charge in [-0.05, 0) is 0 Å². The summed E-state index contributed by atoms with van der Waals surface area (Å²) < 4.78 is 1.69. The third-order valence-electron chi connectivity index (χ3n) is 5.64. The second-order valence-electron chi connectivity index (χ2n) is 8.09. The molecular weight excluding hydrogens is 494 g/mol. The molecule has 0 radical (unpaired) electrons. The molecule has 0 aliphatic carbocycles. The van der Waals surface area contributed by atoms with Crippen LogP contribution in [0.1, 0.15) is 114 Å². The van der Waals surface area contributed by atoms with Gasteiger partial charge in [0.1, 0.15) is 0 Å². The van der Waals surface area contributed by atoms with Gasteiger partial charge >= 0.3 is 168 Å². The molecular formula is C24H43NO4Te. The molecule has 174 valence electrons. The Morgan fingerprint density at radius 1 is 0.633 bits per heavy atom. The summed E-state index contributed by atoms with van der Waals surface area (Å²) in [6, 6.07) is 0. The van der Waals surface area contributed by atoms with Crippen LogP contribution in [-0.4, -0.2) is 46.3 Å². The van der Waals surface area contributed by atoms with Crippen LogP contribution >= 0.6 is 0 Å². The van der Waals surface area contributed by atoms with Crippen LogP contribution in [-0.2, 0) is 19.8 Å². The summed E-state index contributed by atoms with van der Waals surface area (Å²) in [5.41, 5.74) is 1.04. The standard InChI is InChI=1S/C24H43NO4Te/c1-2-3-4-5-6-7-8-9-10-11-12-13-14-15-16-30-24-23(29)21(18-27)20(17-26)22(19-28)25-24/h26-29H,2-19H2,1H3. The fraction of sp³-hybridized carbons (Fsp3) is 0.792. The van der Waals surface area contributed by atoms with Crippen molar-refractivity contribution in [1.82, 2.24) is 4.98 Å². The van der Waals surface area contributed by atoms with Crippen LogP contribution < -0.4 is 3.74 Å². The van der Waals surface area contributed by atoms with Crippen molar-refractivity contribution in [2.75, 3.05) is 0 Å². The molecule has 0 aromatic carbocycles. The number of aromatic hydroxyl groups is 1. The van der Waals surface area contributed by atoms with Crippen LogP contribution in [0.5, 0.6) is 5.75 Å². The van der Waals surface area contributed by atoms with Crippen molar-refractivity contribution in [3.8, 4) is 5.75 Å². The fourth-order valence-corrected chi connectivity index (χ4v) is 6.53. The number of pyridine rings is 1. The molecule has 30 heavy (non-hydrogen) atoms. The van der Waals surface area contributed by atoms with Gasteiger partial charge in [0.05, 0.1) is 0 Å². The van der Waals surface area contributed by atoms with Gasteiger partial charge in [0.2, 0.25) is 0 Å². The quantitative estimate of drug-likeness (QED) is 0.154. The number of nitrogens with zero attached hydrogens (tertiary/aromatic N) is 1. The predicted octanol–water partition coefficient (Wildman–Crippen LogP) is 4.49. The van der Waals surface area contributed by atoms with E-state index in [0.717, 1.165) is 10.9 Å². The van der Waals surface area contributed by atoms with Gasteiger partial charge < -0.3 is 0 Å². The van der Waals surface area contributed by atoms with Gasteiger partial charge in [-0.3, -0.25) is 0 Å². The number of hydrogen-bond donors (Lipinski definition) is 4. The fourth-order valence-electron chi connectivity index (χ4n) is 3.74. The van der Waals surface area contributed by atoms with Gasteiger partial charge in [0.15, 0.2) is 0 Å². The molecule has 0 saturated heterocycles. The molecule has 0 unspecified atom stereocenters. The summed E-state index contributed by atoms with van der Waals surface area (Å²) in [5, 5.41) is 38.8. The average molecular weight is 537 g/mol. The number of aliphatic hydroxyl groups is 3. The molecule has 4 N–H and O–H groups in total. The zero-order valence-corrected chi connectivity index (χ0v) is 21.2. The molecule has 1 aromatic heterocycles. The Kier molecular flexibility index (Phi) is 16.8. The molecule has 1 aromatic rings. The van der Waals surface area contributed by atoms with Crippen LogP contribution in [0.2, 0.25) is 4.47 Å². The first kappa shape index (κ1) is 27.7. The summed E-state index contributed by atoms with van der Waals surface area (Å²) in [5.74, 6) is 0.0199. The van der Waals surface area contributed by atoms with E-state index < -0.39 is 20.9 Å². The van der Waals surface area contributed by atoms with E-state index in [9.17, 15) is 20.4 Å². The Balaban J connectivity index is 2.11. The molecule has 5 nitrogen and oxygen atoms in total. The van der Waals surface area contributed by atoms with Gasteiger partial charge in [-0.2, -0.15) is 0 Å². The van der Waals surface area contributed by atoms with Crippen molar-refractivity contribution < 1.29 is 20.4 Å². The third-order valence-corrected chi connectivity index (χ3v) is 8.64. The van der Waals surface area contributed by atoms with E-state index in [4.69, 9.17) is 0 Å². The molecule has 0 aliphatic heterocycles. The molecule has 0 atom stereocenters. The summed E-state index contributed by atoms with van der Waals surface area (Å²) in [6.45, 7) is 1.28. The Morgan fingerprint density at radius 3 is 1.53 bits per heavy atom. The molecule has 1 rings (SSSR count). The van der Waals surface area contributed by atoms with Crippen molar-refractivity contribution in [2.24, 2.45) is 0 Å². The Morgan fingerprint density at radius 2 is 1.10 bits per heavy atom. The summed E-state index contributed by atoms with van der Waals surface area (Å²) in [7, 11) is 0. The minimum absolute atomic E-state index is 0.0199. The van der Waals surface area contributed by atoms with Crippen LogP contribution in [0.4, 0.5) is 0 Å². The van der Waals surface area contributed by atoms with E-state index in [1.165, 1.54) is 83.5 Å². The van der Waals surface area contributed by atoms with Crippen LogP contribution in [0.15, 0.2) is 0 Å². The Labute approximate surface area is 193 Å². The first-order valence-electron chi connectivity index (χ1n) is 11.9. The zero-order valence-electron chi connectivity index (χ0n) is 18.9. The van der Waals surface area contributed by atoms with Gasteiger partial charge in [-0.1, -0.05) is 26.2 Å². The molecule has 0 saturated carbocycles. The second-order valence-corrected chi connectivity index (χ2v) is 11.2. The van der Waals surface area contributed by atoms with Crippen molar-refractivity contribution in [2.45, 2.75) is 121 Å². The minimum atomic E-state index is -0.664. The van der Waals surface area contributed by atoms with E-state index in [1.54, 1.807) is 0 Å². The predicted molar refractivity (Wildman–Crippen MR) is 124 cm³/mol. The van der Waals surface area contributed by atoms with Crippen LogP contribution in [0, 0.1) is 0 Å². The van der Waals surface area contributed by atoms with Crippen molar-refractivity contribution in [3.05, 3.63) is 16.8 Å². The summed E-state index contributed by atoms with van der Waals surface area (Å²) in [6.07, 6.45) is 18.8. The van der Waals surface area contributed by atoms with E-state index in [0.29, 0.717) is 20.6 Å². The summed E-state index contributed by atoms with van der Waals surface area (Å²) in [4.78, 5) is 4.36. The maximum absolute atomic E-state index is 10.4. The van der Waals surface area contributed by atoms with Gasteiger partial charge in [0.25, 0.3) is 0 Å². The zero-order chi connectivity index (χ0) is 22.0. The molecule has 0 aliphatic rings. The molecule has 0 fully saturated rings. The molecule has 0 bridgehead atoms. The SMILES string of the molecule is CCCCCCCCCCCCCCCC[Te]c1nc(CO)c(CO)c(CO)c1O. The van der Waals surface area contributed by atoms with Crippen molar-refractivity contribution in [3.63, 3.8) is 0 Å². The van der Waals surface area contributed by atoms with Gasteiger partial charge in [-0.15, -0.1) is 0 Å². The van der Waals surface area contributed by atoms with Crippen molar-refractivity contribution >= 4 is 24.7 Å². The molecule has 0 amide bonds. The monoisotopic (exact) mass is 539 g/mol. The average Bonchev–Trinajstić information content (AvgIpc) is 2.76. The van der Waals surface area contributed by atoms with E-state index in [1.807, 2.05) is 0 Å². The normalized spacial score (nSPS) is 11.3. The number of aliphatic hydroxyl groups excluding tert-OH is 3. The Hall–Kier alpha value is -0.380. The number of rotatable bonds is 19.